The number of nitrogens with one attached hydrogen (secondary N) is 1. The van der Waals surface area contributed by atoms with Crippen LogP contribution in [0, 0.1) is 0 Å². The lowest BCUT2D eigenvalue weighted by molar-refractivity contribution is 0.0734. The molecule has 0 radical (unpaired) electrons. The summed E-state index contributed by atoms with van der Waals surface area (Å²) in [4.78, 5) is 11.2. The zero-order chi connectivity index (χ0) is 8.27. The standard InChI is InChI=1S/C7H10N2O2/c1-8-9(2)7(10)6-3-4-11-5-6/h3-5,8H,1-2H3. The van der Waals surface area contributed by atoms with Crippen molar-refractivity contribution in [2.24, 2.45) is 0 Å². The Morgan fingerprint density at radius 3 is 2.91 bits per heavy atom. The van der Waals surface area contributed by atoms with Gasteiger partial charge in [-0.25, -0.2) is 5.43 Å². The quantitative estimate of drug-likeness (QED) is 0.630. The van der Waals surface area contributed by atoms with E-state index in [1.54, 1.807) is 20.2 Å². The van der Waals surface area contributed by atoms with Gasteiger partial charge in [-0.15, -0.1) is 0 Å². The summed E-state index contributed by atoms with van der Waals surface area (Å²) in [5, 5.41) is 1.38. The maximum Gasteiger partial charge on any atom is 0.270 e. The van der Waals surface area contributed by atoms with Crippen molar-refractivity contribution < 1.29 is 9.21 Å². The molecule has 1 aromatic rings. The van der Waals surface area contributed by atoms with Crippen LogP contribution in [0.15, 0.2) is 23.0 Å². The Labute approximate surface area is 64.8 Å². The van der Waals surface area contributed by atoms with Gasteiger partial charge < -0.3 is 4.42 Å². The normalized spacial score (nSPS) is 9.64. The van der Waals surface area contributed by atoms with Crippen LogP contribution in [0.3, 0.4) is 0 Å². The fourth-order valence-corrected chi connectivity index (χ4v) is 0.681. The predicted molar refractivity (Wildman–Crippen MR) is 39.9 cm³/mol. The molecule has 60 valence electrons. The van der Waals surface area contributed by atoms with E-state index < -0.39 is 0 Å². The van der Waals surface area contributed by atoms with E-state index in [1.807, 2.05) is 0 Å². The SMILES string of the molecule is CNN(C)C(=O)c1ccoc1. The zero-order valence-corrected chi connectivity index (χ0v) is 6.50. The number of hydrazine groups is 1. The first-order chi connectivity index (χ1) is 5.25. The summed E-state index contributed by atoms with van der Waals surface area (Å²) in [6.07, 6.45) is 2.88. The number of amides is 1. The van der Waals surface area contributed by atoms with Crippen LogP contribution in [-0.4, -0.2) is 25.0 Å². The Balaban J connectivity index is 2.70. The summed E-state index contributed by atoms with van der Waals surface area (Å²) in [7, 11) is 3.33. The first kappa shape index (κ1) is 7.81. The summed E-state index contributed by atoms with van der Waals surface area (Å²) < 4.78 is 4.76. The summed E-state index contributed by atoms with van der Waals surface area (Å²) >= 11 is 0. The molecule has 0 saturated heterocycles. The maximum atomic E-state index is 11.2. The average Bonchev–Trinajstić information content (AvgIpc) is 2.53. The molecule has 11 heavy (non-hydrogen) atoms. The van der Waals surface area contributed by atoms with E-state index in [9.17, 15) is 4.79 Å². The number of hydrogen-bond donors (Lipinski definition) is 1. The molecule has 0 aliphatic carbocycles. The Kier molecular flexibility index (Phi) is 2.28. The largest absolute Gasteiger partial charge is 0.472 e. The molecule has 0 spiro atoms. The Morgan fingerprint density at radius 2 is 2.45 bits per heavy atom. The van der Waals surface area contributed by atoms with Crippen molar-refractivity contribution in [3.05, 3.63) is 24.2 Å². The number of carbonyl (C=O) groups is 1. The van der Waals surface area contributed by atoms with Gasteiger partial charge in [-0.3, -0.25) is 9.80 Å². The lowest BCUT2D eigenvalue weighted by Gasteiger charge is -2.13. The molecule has 0 atom stereocenters. The van der Waals surface area contributed by atoms with Crippen LogP contribution in [0.25, 0.3) is 0 Å². The molecule has 0 saturated carbocycles. The van der Waals surface area contributed by atoms with E-state index in [1.165, 1.54) is 17.5 Å². The fraction of sp³-hybridized carbons (Fsp3) is 0.286. The predicted octanol–water partition coefficient (Wildman–Crippen LogP) is 0.486. The smallest absolute Gasteiger partial charge is 0.270 e. The monoisotopic (exact) mass is 154 g/mol. The van der Waals surface area contributed by atoms with Gasteiger partial charge in [0, 0.05) is 14.1 Å². The molecule has 1 rings (SSSR count). The van der Waals surface area contributed by atoms with Crippen LogP contribution in [0.5, 0.6) is 0 Å². The van der Waals surface area contributed by atoms with Crippen molar-refractivity contribution in [1.29, 1.82) is 0 Å². The summed E-state index contributed by atoms with van der Waals surface area (Å²) in [6.45, 7) is 0. The lowest BCUT2D eigenvalue weighted by Crippen LogP contribution is -2.36. The van der Waals surface area contributed by atoms with Crippen molar-refractivity contribution in [3.63, 3.8) is 0 Å². The molecule has 0 fully saturated rings. The highest BCUT2D eigenvalue weighted by Crippen LogP contribution is 2.01. The number of carbonyl (C=O) groups excluding carboxylic acids is 1. The van der Waals surface area contributed by atoms with Crippen LogP contribution in [-0.2, 0) is 0 Å². The van der Waals surface area contributed by atoms with Crippen molar-refractivity contribution in [2.75, 3.05) is 14.1 Å². The van der Waals surface area contributed by atoms with Gasteiger partial charge in [0.1, 0.15) is 6.26 Å². The number of furan rings is 1. The van der Waals surface area contributed by atoms with Crippen LogP contribution in [0.4, 0.5) is 0 Å². The highest BCUT2D eigenvalue weighted by Gasteiger charge is 2.09. The molecular weight excluding hydrogens is 144 g/mol. The Hall–Kier alpha value is -1.29. The van der Waals surface area contributed by atoms with Crippen molar-refractivity contribution in [1.82, 2.24) is 10.4 Å². The lowest BCUT2D eigenvalue weighted by atomic mass is 10.3. The first-order valence-corrected chi connectivity index (χ1v) is 3.23. The second-order valence-electron chi connectivity index (χ2n) is 2.10. The molecular formula is C7H10N2O2. The Bertz CT molecular complexity index is 231. The van der Waals surface area contributed by atoms with Gasteiger partial charge in [0.25, 0.3) is 5.91 Å². The molecule has 0 aliphatic rings. The van der Waals surface area contributed by atoms with Gasteiger partial charge in [-0.2, -0.15) is 0 Å². The second kappa shape index (κ2) is 3.21. The van der Waals surface area contributed by atoms with Crippen molar-refractivity contribution in [2.45, 2.75) is 0 Å². The number of rotatable bonds is 2. The minimum Gasteiger partial charge on any atom is -0.472 e. The molecule has 1 aromatic heterocycles. The molecule has 1 amide bonds. The highest BCUT2D eigenvalue weighted by atomic mass is 16.3. The van der Waals surface area contributed by atoms with E-state index >= 15 is 0 Å². The van der Waals surface area contributed by atoms with E-state index in [0.717, 1.165) is 0 Å². The van der Waals surface area contributed by atoms with Gasteiger partial charge in [0.2, 0.25) is 0 Å². The number of hydrogen-bond acceptors (Lipinski definition) is 3. The molecule has 1 heterocycles. The van der Waals surface area contributed by atoms with Gasteiger partial charge in [0.05, 0.1) is 11.8 Å². The van der Waals surface area contributed by atoms with E-state index in [4.69, 9.17) is 4.42 Å². The zero-order valence-electron chi connectivity index (χ0n) is 6.50. The van der Waals surface area contributed by atoms with Crippen LogP contribution in [0.1, 0.15) is 10.4 Å². The molecule has 4 nitrogen and oxygen atoms in total. The molecule has 0 aromatic carbocycles. The summed E-state index contributed by atoms with van der Waals surface area (Å²) in [5.41, 5.74) is 3.24. The summed E-state index contributed by atoms with van der Waals surface area (Å²) in [6, 6.07) is 1.62. The Morgan fingerprint density at radius 1 is 1.73 bits per heavy atom. The fourth-order valence-electron chi connectivity index (χ4n) is 0.681. The molecule has 4 heteroatoms. The van der Waals surface area contributed by atoms with Gasteiger partial charge >= 0.3 is 0 Å². The molecule has 0 aliphatic heterocycles. The van der Waals surface area contributed by atoms with Gasteiger partial charge in [-0.05, 0) is 6.07 Å². The maximum absolute atomic E-state index is 11.2. The van der Waals surface area contributed by atoms with E-state index in [0.29, 0.717) is 5.56 Å². The van der Waals surface area contributed by atoms with E-state index in [-0.39, 0.29) is 5.91 Å². The van der Waals surface area contributed by atoms with Gasteiger partial charge in [-0.1, -0.05) is 0 Å². The average molecular weight is 154 g/mol. The van der Waals surface area contributed by atoms with E-state index in [2.05, 4.69) is 5.43 Å². The number of nitrogens with zero attached hydrogens (tertiary/aromatic N) is 1. The van der Waals surface area contributed by atoms with Crippen molar-refractivity contribution >= 4 is 5.91 Å². The third-order valence-electron chi connectivity index (χ3n) is 1.41. The second-order valence-corrected chi connectivity index (χ2v) is 2.10. The van der Waals surface area contributed by atoms with Gasteiger partial charge in [0.15, 0.2) is 0 Å². The van der Waals surface area contributed by atoms with Crippen LogP contribution >= 0.6 is 0 Å². The van der Waals surface area contributed by atoms with Crippen LogP contribution in [0.2, 0.25) is 0 Å². The molecule has 1 N–H and O–H groups in total. The minimum absolute atomic E-state index is 0.110. The van der Waals surface area contributed by atoms with Crippen molar-refractivity contribution in [3.8, 4) is 0 Å². The third kappa shape index (κ3) is 1.59. The van der Waals surface area contributed by atoms with Crippen LogP contribution < -0.4 is 5.43 Å². The first-order valence-electron chi connectivity index (χ1n) is 3.23. The molecule has 0 bridgehead atoms. The summed E-state index contributed by atoms with van der Waals surface area (Å²) in [5.74, 6) is -0.110. The minimum atomic E-state index is -0.110. The highest BCUT2D eigenvalue weighted by molar-refractivity contribution is 5.93. The topological polar surface area (TPSA) is 45.5 Å². The molecule has 0 unspecified atom stereocenters. The third-order valence-corrected chi connectivity index (χ3v) is 1.41.